The normalized spacial score (nSPS) is 16.5. The molecule has 1 aromatic heterocycles. The van der Waals surface area contributed by atoms with E-state index in [9.17, 15) is 4.79 Å². The van der Waals surface area contributed by atoms with Crippen molar-refractivity contribution in [1.29, 1.82) is 0 Å². The minimum atomic E-state index is 0.0802. The molecule has 174 valence electrons. The molecule has 0 radical (unpaired) electrons. The average Bonchev–Trinajstić information content (AvgIpc) is 3.29. The summed E-state index contributed by atoms with van der Waals surface area (Å²) in [5.41, 5.74) is 2.23. The van der Waals surface area contributed by atoms with Gasteiger partial charge in [-0.25, -0.2) is 0 Å². The van der Waals surface area contributed by atoms with Crippen LogP contribution in [-0.4, -0.2) is 48.1 Å². The van der Waals surface area contributed by atoms with E-state index in [2.05, 4.69) is 27.2 Å². The molecule has 1 aliphatic rings. The van der Waals surface area contributed by atoms with Gasteiger partial charge in [0.1, 0.15) is 5.78 Å². The number of likely N-dealkylation sites (tertiary alicyclic amines) is 1. The molecule has 0 unspecified atom stereocenters. The average molecular weight is 450 g/mol. The highest BCUT2D eigenvalue weighted by atomic mass is 16.5. The molecule has 0 N–H and O–H groups in total. The maximum absolute atomic E-state index is 12.8. The van der Waals surface area contributed by atoms with Crippen LogP contribution in [0.5, 0.6) is 11.5 Å². The lowest BCUT2D eigenvalue weighted by atomic mass is 9.90. The van der Waals surface area contributed by atoms with E-state index in [-0.39, 0.29) is 5.92 Å². The molecule has 0 spiro atoms. The number of carbonyl (C=O) groups is 1. The summed E-state index contributed by atoms with van der Waals surface area (Å²) in [4.78, 5) is 19.6. The van der Waals surface area contributed by atoms with Crippen molar-refractivity contribution in [2.24, 2.45) is 5.92 Å². The van der Waals surface area contributed by atoms with Gasteiger partial charge in [-0.15, -0.1) is 0 Å². The third-order valence-electron chi connectivity index (χ3n) is 6.14. The van der Waals surface area contributed by atoms with Crippen molar-refractivity contribution < 1.29 is 18.8 Å². The number of aromatic nitrogens is 2. The van der Waals surface area contributed by atoms with Crippen molar-refractivity contribution in [3.05, 3.63) is 71.4 Å². The Morgan fingerprint density at radius 1 is 1.09 bits per heavy atom. The van der Waals surface area contributed by atoms with Crippen LogP contribution in [0.2, 0.25) is 0 Å². The van der Waals surface area contributed by atoms with Gasteiger partial charge >= 0.3 is 0 Å². The van der Waals surface area contributed by atoms with Crippen molar-refractivity contribution in [2.75, 3.05) is 27.3 Å². The van der Waals surface area contributed by atoms with E-state index in [1.165, 1.54) is 5.56 Å². The zero-order valence-corrected chi connectivity index (χ0v) is 19.3. The summed E-state index contributed by atoms with van der Waals surface area (Å²) < 4.78 is 16.2. The second-order valence-electron chi connectivity index (χ2n) is 8.50. The van der Waals surface area contributed by atoms with Gasteiger partial charge in [-0.2, -0.15) is 4.98 Å². The molecule has 1 atom stereocenters. The molecule has 2 heterocycles. The molecule has 1 aliphatic heterocycles. The summed E-state index contributed by atoms with van der Waals surface area (Å²) in [6, 6.07) is 16.0. The molecule has 1 fully saturated rings. The lowest BCUT2D eigenvalue weighted by Gasteiger charge is -2.30. The third-order valence-corrected chi connectivity index (χ3v) is 6.14. The van der Waals surface area contributed by atoms with E-state index in [0.717, 1.165) is 37.9 Å². The quantitative estimate of drug-likeness (QED) is 0.461. The monoisotopic (exact) mass is 449 g/mol. The minimum absolute atomic E-state index is 0.0802. The Balaban J connectivity index is 1.30. The number of benzene rings is 2. The molecular weight excluding hydrogens is 418 g/mol. The lowest BCUT2D eigenvalue weighted by molar-refractivity contribution is -0.124. The predicted molar refractivity (Wildman–Crippen MR) is 124 cm³/mol. The largest absolute Gasteiger partial charge is 0.493 e. The molecule has 0 bridgehead atoms. The summed E-state index contributed by atoms with van der Waals surface area (Å²) in [6.45, 7) is 2.26. The SMILES string of the molecule is COc1ccc(Cc2noc(CN3CCC[C@H](C(=O)CCc4ccccc4)C3)n2)cc1OC. The summed E-state index contributed by atoms with van der Waals surface area (Å²) in [5, 5.41) is 4.14. The number of Topliss-reactive ketones (excluding diaryl/α,β-unsaturated/α-hetero) is 1. The van der Waals surface area contributed by atoms with Crippen LogP contribution in [0.15, 0.2) is 53.1 Å². The van der Waals surface area contributed by atoms with E-state index < -0.39 is 0 Å². The van der Waals surface area contributed by atoms with Gasteiger partial charge < -0.3 is 14.0 Å². The standard InChI is InChI=1S/C26H31N3O4/c1-31-23-13-11-20(15-24(23)32-2)16-25-27-26(33-28-25)18-29-14-6-9-21(17-29)22(30)12-10-19-7-4-3-5-8-19/h3-5,7-8,11,13,15,21H,6,9-10,12,14,16-18H2,1-2H3/t21-/m0/s1. The molecule has 1 saturated heterocycles. The van der Waals surface area contributed by atoms with Crippen LogP contribution in [-0.2, 0) is 24.2 Å². The smallest absolute Gasteiger partial charge is 0.240 e. The van der Waals surface area contributed by atoms with E-state index in [1.807, 2.05) is 36.4 Å². The van der Waals surface area contributed by atoms with Gasteiger partial charge in [0.15, 0.2) is 17.3 Å². The Kier molecular flexibility index (Phi) is 7.73. The van der Waals surface area contributed by atoms with Gasteiger partial charge in [0.2, 0.25) is 5.89 Å². The molecule has 2 aromatic carbocycles. The van der Waals surface area contributed by atoms with Crippen molar-refractivity contribution in [2.45, 2.75) is 38.6 Å². The highest BCUT2D eigenvalue weighted by Crippen LogP contribution is 2.28. The summed E-state index contributed by atoms with van der Waals surface area (Å²) in [7, 11) is 3.23. The Morgan fingerprint density at radius 3 is 2.70 bits per heavy atom. The molecule has 7 heteroatoms. The molecule has 0 saturated carbocycles. The first-order chi connectivity index (χ1) is 16.1. The number of piperidine rings is 1. The van der Waals surface area contributed by atoms with Crippen LogP contribution in [0.3, 0.4) is 0 Å². The van der Waals surface area contributed by atoms with Crippen LogP contribution >= 0.6 is 0 Å². The molecule has 0 amide bonds. The maximum Gasteiger partial charge on any atom is 0.240 e. The fraction of sp³-hybridized carbons (Fsp3) is 0.423. The predicted octanol–water partition coefficient (Wildman–Crippen LogP) is 4.09. The number of hydrogen-bond donors (Lipinski definition) is 0. The van der Waals surface area contributed by atoms with Crippen LogP contribution in [0.4, 0.5) is 0 Å². The topological polar surface area (TPSA) is 77.7 Å². The lowest BCUT2D eigenvalue weighted by Crippen LogP contribution is -2.38. The zero-order chi connectivity index (χ0) is 23.0. The second-order valence-corrected chi connectivity index (χ2v) is 8.50. The van der Waals surface area contributed by atoms with Gasteiger partial charge in [0.05, 0.1) is 20.8 Å². The number of methoxy groups -OCH3 is 2. The molecule has 4 rings (SSSR count). The number of rotatable bonds is 10. The fourth-order valence-electron chi connectivity index (χ4n) is 4.37. The molecule has 7 nitrogen and oxygen atoms in total. The van der Waals surface area contributed by atoms with Crippen LogP contribution in [0.1, 0.15) is 42.1 Å². The van der Waals surface area contributed by atoms with E-state index in [1.54, 1.807) is 14.2 Å². The first-order valence-electron chi connectivity index (χ1n) is 11.5. The highest BCUT2D eigenvalue weighted by molar-refractivity contribution is 5.81. The number of carbonyl (C=O) groups excluding carboxylic acids is 1. The number of ketones is 1. The molecular formula is C26H31N3O4. The van der Waals surface area contributed by atoms with Gasteiger partial charge in [-0.1, -0.05) is 41.6 Å². The highest BCUT2D eigenvalue weighted by Gasteiger charge is 2.26. The first-order valence-corrected chi connectivity index (χ1v) is 11.5. The third kappa shape index (κ3) is 6.20. The summed E-state index contributed by atoms with van der Waals surface area (Å²) in [5.74, 6) is 3.01. The zero-order valence-electron chi connectivity index (χ0n) is 19.3. The van der Waals surface area contributed by atoms with Crippen molar-refractivity contribution in [3.63, 3.8) is 0 Å². The minimum Gasteiger partial charge on any atom is -0.493 e. The van der Waals surface area contributed by atoms with Gasteiger partial charge in [-0.05, 0) is 49.1 Å². The first kappa shape index (κ1) is 23.0. The Labute approximate surface area is 194 Å². The van der Waals surface area contributed by atoms with Crippen LogP contribution in [0.25, 0.3) is 0 Å². The Hall–Kier alpha value is -3.19. The number of nitrogens with zero attached hydrogens (tertiary/aromatic N) is 3. The fourth-order valence-corrected chi connectivity index (χ4v) is 4.37. The van der Waals surface area contributed by atoms with Crippen molar-refractivity contribution >= 4 is 5.78 Å². The Bertz CT molecular complexity index is 1050. The maximum atomic E-state index is 12.8. The van der Waals surface area contributed by atoms with Crippen LogP contribution in [0, 0.1) is 5.92 Å². The molecule has 0 aliphatic carbocycles. The van der Waals surface area contributed by atoms with Crippen molar-refractivity contribution in [3.8, 4) is 11.5 Å². The molecule has 3 aromatic rings. The second kappa shape index (κ2) is 11.1. The van der Waals surface area contributed by atoms with E-state index in [0.29, 0.717) is 48.4 Å². The van der Waals surface area contributed by atoms with Crippen molar-refractivity contribution in [1.82, 2.24) is 15.0 Å². The molecule has 33 heavy (non-hydrogen) atoms. The number of aryl methyl sites for hydroxylation is 1. The number of ether oxygens (including phenoxy) is 2. The van der Waals surface area contributed by atoms with Crippen LogP contribution < -0.4 is 9.47 Å². The van der Waals surface area contributed by atoms with Gasteiger partial charge in [0.25, 0.3) is 0 Å². The summed E-state index contributed by atoms with van der Waals surface area (Å²) >= 11 is 0. The van der Waals surface area contributed by atoms with Gasteiger partial charge in [-0.3, -0.25) is 9.69 Å². The number of hydrogen-bond acceptors (Lipinski definition) is 7. The van der Waals surface area contributed by atoms with E-state index in [4.69, 9.17) is 14.0 Å². The Morgan fingerprint density at radius 2 is 1.91 bits per heavy atom. The van der Waals surface area contributed by atoms with Gasteiger partial charge in [0, 0.05) is 25.3 Å². The summed E-state index contributed by atoms with van der Waals surface area (Å²) in [6.07, 6.45) is 3.91. The van der Waals surface area contributed by atoms with E-state index >= 15 is 0 Å².